The summed E-state index contributed by atoms with van der Waals surface area (Å²) >= 11 is 0. The Labute approximate surface area is 190 Å². The largest absolute Gasteiger partial charge is 0.385 e. The SMILES string of the molecule is CCCCC(=O)N1CCC2(CC1)C(=O)N(CC(=O)NCCCOC)CN2c1ccccc1. The molecule has 0 bridgehead atoms. The maximum Gasteiger partial charge on any atom is 0.250 e. The molecule has 0 unspecified atom stereocenters. The Hall–Kier alpha value is -2.61. The van der Waals surface area contributed by atoms with Crippen LogP contribution in [-0.2, 0) is 19.1 Å². The second-order valence-corrected chi connectivity index (χ2v) is 8.62. The van der Waals surface area contributed by atoms with Crippen LogP contribution in [0.1, 0.15) is 45.4 Å². The van der Waals surface area contributed by atoms with Crippen LogP contribution >= 0.6 is 0 Å². The first kappa shape index (κ1) is 24.0. The van der Waals surface area contributed by atoms with Gasteiger partial charge in [0.05, 0.1) is 6.67 Å². The lowest BCUT2D eigenvalue weighted by Gasteiger charge is -2.43. The first-order chi connectivity index (χ1) is 15.5. The molecule has 32 heavy (non-hydrogen) atoms. The van der Waals surface area contributed by atoms with Crippen LogP contribution in [-0.4, -0.2) is 79.6 Å². The highest BCUT2D eigenvalue weighted by Gasteiger charge is 2.54. The van der Waals surface area contributed by atoms with Crippen LogP contribution in [0.5, 0.6) is 0 Å². The number of carbonyl (C=O) groups is 3. The number of methoxy groups -OCH3 is 1. The summed E-state index contributed by atoms with van der Waals surface area (Å²) < 4.78 is 5.01. The van der Waals surface area contributed by atoms with E-state index in [1.54, 1.807) is 12.0 Å². The minimum atomic E-state index is -0.709. The maximum absolute atomic E-state index is 13.6. The third-order valence-electron chi connectivity index (χ3n) is 6.45. The van der Waals surface area contributed by atoms with Gasteiger partial charge in [-0.05, 0) is 37.8 Å². The first-order valence-corrected chi connectivity index (χ1v) is 11.7. The number of nitrogens with zero attached hydrogens (tertiary/aromatic N) is 3. The zero-order valence-electron chi connectivity index (χ0n) is 19.3. The highest BCUT2D eigenvalue weighted by molar-refractivity contribution is 5.96. The van der Waals surface area contributed by atoms with E-state index >= 15 is 0 Å². The van der Waals surface area contributed by atoms with Crippen LogP contribution in [0.25, 0.3) is 0 Å². The van der Waals surface area contributed by atoms with Crippen molar-refractivity contribution in [1.82, 2.24) is 15.1 Å². The van der Waals surface area contributed by atoms with Gasteiger partial charge in [0.1, 0.15) is 12.1 Å². The Bertz CT molecular complexity index is 777. The molecule has 1 spiro atoms. The van der Waals surface area contributed by atoms with Crippen molar-refractivity contribution in [2.75, 3.05) is 51.5 Å². The quantitative estimate of drug-likeness (QED) is 0.558. The molecule has 3 amide bonds. The van der Waals surface area contributed by atoms with E-state index in [1.807, 2.05) is 35.2 Å². The van der Waals surface area contributed by atoms with Gasteiger partial charge < -0.3 is 24.8 Å². The van der Waals surface area contributed by atoms with Gasteiger partial charge in [0.25, 0.3) is 5.91 Å². The number of benzene rings is 1. The minimum Gasteiger partial charge on any atom is -0.385 e. The molecule has 2 heterocycles. The Balaban J connectivity index is 1.71. The van der Waals surface area contributed by atoms with Gasteiger partial charge >= 0.3 is 0 Å². The molecular weight excluding hydrogens is 408 g/mol. The third-order valence-corrected chi connectivity index (χ3v) is 6.45. The molecule has 1 aromatic rings. The summed E-state index contributed by atoms with van der Waals surface area (Å²) in [5.41, 5.74) is 0.258. The molecule has 176 valence electrons. The van der Waals surface area contributed by atoms with E-state index in [4.69, 9.17) is 4.74 Å². The summed E-state index contributed by atoms with van der Waals surface area (Å²) in [5.74, 6) is -0.00792. The van der Waals surface area contributed by atoms with Crippen molar-refractivity contribution in [1.29, 1.82) is 0 Å². The number of anilines is 1. The number of likely N-dealkylation sites (tertiary alicyclic amines) is 1. The van der Waals surface area contributed by atoms with E-state index < -0.39 is 5.54 Å². The molecule has 0 radical (unpaired) electrons. The third kappa shape index (κ3) is 5.41. The summed E-state index contributed by atoms with van der Waals surface area (Å²) in [6.07, 6.45) is 4.33. The van der Waals surface area contributed by atoms with Gasteiger partial charge in [0.2, 0.25) is 11.8 Å². The van der Waals surface area contributed by atoms with Crippen molar-refractivity contribution >= 4 is 23.4 Å². The van der Waals surface area contributed by atoms with Gasteiger partial charge in [-0.2, -0.15) is 0 Å². The summed E-state index contributed by atoms with van der Waals surface area (Å²) in [7, 11) is 1.63. The molecule has 0 atom stereocenters. The minimum absolute atomic E-state index is 0.0194. The van der Waals surface area contributed by atoms with Gasteiger partial charge in [0.15, 0.2) is 0 Å². The summed E-state index contributed by atoms with van der Waals surface area (Å²) in [6, 6.07) is 9.88. The second-order valence-electron chi connectivity index (χ2n) is 8.62. The van der Waals surface area contributed by atoms with Crippen molar-refractivity contribution in [2.24, 2.45) is 0 Å². The average molecular weight is 445 g/mol. The number of para-hydroxylation sites is 1. The van der Waals surface area contributed by atoms with Gasteiger partial charge in [-0.1, -0.05) is 31.5 Å². The predicted molar refractivity (Wildman–Crippen MR) is 123 cm³/mol. The van der Waals surface area contributed by atoms with Crippen LogP contribution < -0.4 is 10.2 Å². The van der Waals surface area contributed by atoms with Crippen LogP contribution in [0, 0.1) is 0 Å². The predicted octanol–water partition coefficient (Wildman–Crippen LogP) is 2.00. The Morgan fingerprint density at radius 1 is 1.12 bits per heavy atom. The number of amides is 3. The summed E-state index contributed by atoms with van der Waals surface area (Å²) in [4.78, 5) is 44.2. The first-order valence-electron chi connectivity index (χ1n) is 11.7. The number of nitrogens with one attached hydrogen (secondary N) is 1. The fourth-order valence-corrected chi connectivity index (χ4v) is 4.61. The lowest BCUT2D eigenvalue weighted by molar-refractivity contribution is -0.140. The smallest absolute Gasteiger partial charge is 0.250 e. The maximum atomic E-state index is 13.6. The fraction of sp³-hybridized carbons (Fsp3) is 0.625. The van der Waals surface area contributed by atoms with Crippen molar-refractivity contribution in [3.63, 3.8) is 0 Å². The second kappa shape index (κ2) is 11.3. The van der Waals surface area contributed by atoms with Crippen LogP contribution in [0.2, 0.25) is 0 Å². The topological polar surface area (TPSA) is 82.2 Å². The van der Waals surface area contributed by atoms with E-state index in [1.165, 1.54) is 0 Å². The molecule has 2 aliphatic rings. The van der Waals surface area contributed by atoms with Gasteiger partial charge in [0, 0.05) is 45.5 Å². The molecule has 1 N–H and O–H groups in total. The molecule has 0 saturated carbocycles. The van der Waals surface area contributed by atoms with Crippen molar-refractivity contribution in [3.05, 3.63) is 30.3 Å². The molecule has 1 aromatic carbocycles. The highest BCUT2D eigenvalue weighted by atomic mass is 16.5. The molecule has 3 rings (SSSR count). The normalized spacial score (nSPS) is 17.8. The standard InChI is InChI=1S/C24H36N4O4/c1-3-4-11-22(30)26-15-12-24(13-16-26)23(31)27(18-21(29)25-14-8-17-32-2)19-28(24)20-9-6-5-7-10-20/h5-7,9-10H,3-4,8,11-19H2,1-2H3,(H,25,29). The molecule has 0 aliphatic carbocycles. The summed E-state index contributed by atoms with van der Waals surface area (Å²) in [6.45, 7) is 4.73. The number of hydrogen-bond donors (Lipinski definition) is 1. The molecule has 8 heteroatoms. The van der Waals surface area contributed by atoms with Gasteiger partial charge in [-0.25, -0.2) is 0 Å². The van der Waals surface area contributed by atoms with E-state index in [9.17, 15) is 14.4 Å². The molecule has 8 nitrogen and oxygen atoms in total. The fourth-order valence-electron chi connectivity index (χ4n) is 4.61. The zero-order valence-corrected chi connectivity index (χ0v) is 19.3. The number of piperidine rings is 1. The van der Waals surface area contributed by atoms with E-state index in [0.29, 0.717) is 52.2 Å². The Morgan fingerprint density at radius 3 is 2.50 bits per heavy atom. The average Bonchev–Trinajstić information content (AvgIpc) is 3.07. The van der Waals surface area contributed by atoms with E-state index in [-0.39, 0.29) is 24.3 Å². The highest BCUT2D eigenvalue weighted by Crippen LogP contribution is 2.39. The van der Waals surface area contributed by atoms with Crippen LogP contribution in [0.3, 0.4) is 0 Å². The van der Waals surface area contributed by atoms with Crippen molar-refractivity contribution < 1.29 is 19.1 Å². The molecule has 0 aromatic heterocycles. The summed E-state index contributed by atoms with van der Waals surface area (Å²) in [5, 5.41) is 2.87. The number of carbonyl (C=O) groups excluding carboxylic acids is 3. The zero-order chi connectivity index (χ0) is 23.0. The molecular formula is C24H36N4O4. The molecule has 2 saturated heterocycles. The number of unbranched alkanes of at least 4 members (excludes halogenated alkanes) is 1. The van der Waals surface area contributed by atoms with Crippen LogP contribution in [0.15, 0.2) is 30.3 Å². The number of ether oxygens (including phenoxy) is 1. The van der Waals surface area contributed by atoms with Crippen molar-refractivity contribution in [3.8, 4) is 0 Å². The van der Waals surface area contributed by atoms with Gasteiger partial charge in [-0.3, -0.25) is 14.4 Å². The monoisotopic (exact) mass is 444 g/mol. The number of hydrogen-bond acceptors (Lipinski definition) is 5. The number of rotatable bonds is 10. The Kier molecular flexibility index (Phi) is 8.50. The van der Waals surface area contributed by atoms with Crippen molar-refractivity contribution in [2.45, 2.75) is 51.0 Å². The molecule has 2 fully saturated rings. The molecule has 2 aliphatic heterocycles. The van der Waals surface area contributed by atoms with E-state index in [2.05, 4.69) is 17.1 Å². The van der Waals surface area contributed by atoms with Gasteiger partial charge in [-0.15, -0.1) is 0 Å². The lowest BCUT2D eigenvalue weighted by Crippen LogP contribution is -2.57. The van der Waals surface area contributed by atoms with E-state index in [0.717, 1.165) is 24.9 Å². The Morgan fingerprint density at radius 2 is 1.84 bits per heavy atom. The van der Waals surface area contributed by atoms with Crippen LogP contribution in [0.4, 0.5) is 5.69 Å². The lowest BCUT2D eigenvalue weighted by atomic mass is 9.85.